The van der Waals surface area contributed by atoms with Gasteiger partial charge in [0.15, 0.2) is 5.82 Å². The number of halogens is 1. The number of aromatic nitrogens is 5. The maximum absolute atomic E-state index is 14.2. The van der Waals surface area contributed by atoms with Crippen LogP contribution in [0.5, 0.6) is 0 Å². The lowest BCUT2D eigenvalue weighted by atomic mass is 9.66. The Morgan fingerprint density at radius 1 is 1.28 bits per heavy atom. The smallest absolute Gasteiger partial charge is 0.215 e. The maximum Gasteiger partial charge on any atom is 0.215 e. The zero-order valence-electron chi connectivity index (χ0n) is 16.1. The van der Waals surface area contributed by atoms with Crippen LogP contribution in [0.2, 0.25) is 0 Å². The Labute approximate surface area is 167 Å². The van der Waals surface area contributed by atoms with Crippen LogP contribution in [0, 0.1) is 5.82 Å². The molecular formula is C20H22FN7O. The molecule has 3 aromatic rings. The molecule has 0 radical (unpaired) electrons. The third-order valence-electron chi connectivity index (χ3n) is 5.35. The number of nitrogens with one attached hydrogen (secondary N) is 1. The Hall–Kier alpha value is -3.36. The Balaban J connectivity index is 1.42. The fraction of sp³-hybridized carbons (Fsp3) is 0.350. The molecule has 29 heavy (non-hydrogen) atoms. The van der Waals surface area contributed by atoms with Gasteiger partial charge in [-0.1, -0.05) is 6.42 Å². The second-order valence-electron chi connectivity index (χ2n) is 7.31. The van der Waals surface area contributed by atoms with Crippen LogP contribution in [0.4, 0.5) is 16.0 Å². The van der Waals surface area contributed by atoms with Gasteiger partial charge in [0.05, 0.1) is 17.9 Å². The standard InChI is InChI=1S/C20H22FN7O/c1-27-11-7-15(26-27)12-28(14-29)18-6-5-17(24-25-18)23-13-20(8-3-9-20)19-16(21)4-2-10-22-19/h2,4-7,10-11,14H,3,8-9,12-13H2,1H3,(H,23,24). The van der Waals surface area contributed by atoms with Gasteiger partial charge in [-0.25, -0.2) is 4.39 Å². The molecule has 150 valence electrons. The third kappa shape index (κ3) is 3.94. The highest BCUT2D eigenvalue weighted by atomic mass is 19.1. The number of hydrogen-bond donors (Lipinski definition) is 1. The number of rotatable bonds is 8. The average Bonchev–Trinajstić information content (AvgIpc) is 3.12. The van der Waals surface area contributed by atoms with Crippen molar-refractivity contribution in [2.24, 2.45) is 7.05 Å². The first-order valence-electron chi connectivity index (χ1n) is 9.49. The lowest BCUT2D eigenvalue weighted by Gasteiger charge is -2.41. The number of carbonyl (C=O) groups is 1. The topological polar surface area (TPSA) is 88.8 Å². The summed E-state index contributed by atoms with van der Waals surface area (Å²) in [5, 5.41) is 15.8. The molecule has 0 aliphatic heterocycles. The fourth-order valence-electron chi connectivity index (χ4n) is 3.60. The molecule has 1 amide bonds. The average molecular weight is 395 g/mol. The molecule has 1 saturated carbocycles. The van der Waals surface area contributed by atoms with E-state index in [1.807, 2.05) is 19.3 Å². The summed E-state index contributed by atoms with van der Waals surface area (Å²) in [7, 11) is 1.82. The van der Waals surface area contributed by atoms with Crippen LogP contribution < -0.4 is 10.2 Å². The molecule has 0 bridgehead atoms. The number of amides is 1. The van der Waals surface area contributed by atoms with Gasteiger partial charge in [-0.3, -0.25) is 19.4 Å². The lowest BCUT2D eigenvalue weighted by molar-refractivity contribution is -0.107. The van der Waals surface area contributed by atoms with E-state index in [-0.39, 0.29) is 11.2 Å². The number of anilines is 2. The lowest BCUT2D eigenvalue weighted by Crippen LogP contribution is -2.42. The summed E-state index contributed by atoms with van der Waals surface area (Å²) in [6, 6.07) is 8.38. The van der Waals surface area contributed by atoms with Crippen LogP contribution in [-0.4, -0.2) is 37.9 Å². The second-order valence-corrected chi connectivity index (χ2v) is 7.31. The monoisotopic (exact) mass is 395 g/mol. The molecule has 3 heterocycles. The molecular weight excluding hydrogens is 373 g/mol. The highest BCUT2D eigenvalue weighted by molar-refractivity contribution is 5.72. The van der Waals surface area contributed by atoms with Crippen molar-refractivity contribution in [2.45, 2.75) is 31.2 Å². The van der Waals surface area contributed by atoms with E-state index in [9.17, 15) is 9.18 Å². The Bertz CT molecular complexity index is 985. The predicted molar refractivity (Wildman–Crippen MR) is 106 cm³/mol. The number of nitrogens with zero attached hydrogens (tertiary/aromatic N) is 6. The number of aryl methyl sites for hydroxylation is 1. The van der Waals surface area contributed by atoms with E-state index in [0.717, 1.165) is 25.0 Å². The molecule has 1 aliphatic carbocycles. The molecule has 1 N–H and O–H groups in total. The SMILES string of the molecule is Cn1ccc(CN(C=O)c2ccc(NCC3(c4ncccc4F)CCC3)nn2)n1. The summed E-state index contributed by atoms with van der Waals surface area (Å²) in [5.74, 6) is 0.733. The molecule has 8 nitrogen and oxygen atoms in total. The minimum atomic E-state index is -0.320. The Morgan fingerprint density at radius 2 is 2.14 bits per heavy atom. The molecule has 1 fully saturated rings. The van der Waals surface area contributed by atoms with Crippen molar-refractivity contribution in [3.8, 4) is 0 Å². The van der Waals surface area contributed by atoms with Crippen LogP contribution in [0.3, 0.4) is 0 Å². The second kappa shape index (κ2) is 7.94. The summed E-state index contributed by atoms with van der Waals surface area (Å²) >= 11 is 0. The minimum Gasteiger partial charge on any atom is -0.368 e. The van der Waals surface area contributed by atoms with Crippen LogP contribution >= 0.6 is 0 Å². The molecule has 0 aromatic carbocycles. The quantitative estimate of drug-likeness (QED) is 0.590. The van der Waals surface area contributed by atoms with E-state index in [0.29, 0.717) is 36.8 Å². The van der Waals surface area contributed by atoms with Crippen molar-refractivity contribution in [3.05, 3.63) is 59.9 Å². The third-order valence-corrected chi connectivity index (χ3v) is 5.35. The van der Waals surface area contributed by atoms with Crippen molar-refractivity contribution < 1.29 is 9.18 Å². The summed E-state index contributed by atoms with van der Waals surface area (Å²) in [6.07, 6.45) is 6.95. The van der Waals surface area contributed by atoms with Crippen LogP contribution in [0.25, 0.3) is 0 Å². The van der Waals surface area contributed by atoms with E-state index in [1.54, 1.807) is 29.1 Å². The van der Waals surface area contributed by atoms with Gasteiger partial charge in [-0.15, -0.1) is 10.2 Å². The molecule has 4 rings (SSSR count). The van der Waals surface area contributed by atoms with Crippen molar-refractivity contribution in [3.63, 3.8) is 0 Å². The molecule has 1 aliphatic rings. The van der Waals surface area contributed by atoms with E-state index in [2.05, 4.69) is 25.6 Å². The van der Waals surface area contributed by atoms with Gasteiger partial charge in [0.2, 0.25) is 6.41 Å². The van der Waals surface area contributed by atoms with Crippen LogP contribution in [0.15, 0.2) is 42.7 Å². The minimum absolute atomic E-state index is 0.272. The summed E-state index contributed by atoms with van der Waals surface area (Å²) in [6.45, 7) is 0.841. The van der Waals surface area contributed by atoms with Crippen molar-refractivity contribution >= 4 is 18.0 Å². The number of carbonyl (C=O) groups excluding carboxylic acids is 1. The highest BCUT2D eigenvalue weighted by Crippen LogP contribution is 2.43. The van der Waals surface area contributed by atoms with Gasteiger partial charge in [-0.05, 0) is 43.2 Å². The van der Waals surface area contributed by atoms with E-state index in [4.69, 9.17) is 0 Å². The maximum atomic E-state index is 14.2. The van der Waals surface area contributed by atoms with Crippen molar-refractivity contribution in [2.75, 3.05) is 16.8 Å². The zero-order chi connectivity index (χ0) is 20.3. The molecule has 3 aromatic heterocycles. The van der Waals surface area contributed by atoms with Gasteiger partial charge in [0.1, 0.15) is 11.6 Å². The first kappa shape index (κ1) is 19.0. The molecule has 0 saturated heterocycles. The van der Waals surface area contributed by atoms with Gasteiger partial charge >= 0.3 is 0 Å². The zero-order valence-corrected chi connectivity index (χ0v) is 16.1. The van der Waals surface area contributed by atoms with Gasteiger partial charge < -0.3 is 5.32 Å². The normalized spacial score (nSPS) is 14.8. The van der Waals surface area contributed by atoms with Gasteiger partial charge in [0, 0.05) is 31.4 Å². The first-order chi connectivity index (χ1) is 14.1. The van der Waals surface area contributed by atoms with E-state index >= 15 is 0 Å². The molecule has 0 unspecified atom stereocenters. The van der Waals surface area contributed by atoms with Crippen molar-refractivity contribution in [1.29, 1.82) is 0 Å². The predicted octanol–water partition coefficient (Wildman–Crippen LogP) is 2.44. The van der Waals surface area contributed by atoms with Gasteiger partial charge in [-0.2, -0.15) is 5.10 Å². The van der Waals surface area contributed by atoms with Gasteiger partial charge in [0.25, 0.3) is 0 Å². The first-order valence-corrected chi connectivity index (χ1v) is 9.49. The molecule has 0 spiro atoms. The highest BCUT2D eigenvalue weighted by Gasteiger charge is 2.41. The van der Waals surface area contributed by atoms with Crippen LogP contribution in [0.1, 0.15) is 30.7 Å². The Kier molecular flexibility index (Phi) is 5.20. The fourth-order valence-corrected chi connectivity index (χ4v) is 3.60. The largest absolute Gasteiger partial charge is 0.368 e. The van der Waals surface area contributed by atoms with Crippen LogP contribution in [-0.2, 0) is 23.8 Å². The number of pyridine rings is 1. The Morgan fingerprint density at radius 3 is 2.72 bits per heavy atom. The van der Waals surface area contributed by atoms with Crippen molar-refractivity contribution in [1.82, 2.24) is 25.0 Å². The van der Waals surface area contributed by atoms with E-state index in [1.165, 1.54) is 11.0 Å². The van der Waals surface area contributed by atoms with E-state index < -0.39 is 0 Å². The summed E-state index contributed by atoms with van der Waals surface area (Å²) < 4.78 is 15.9. The summed E-state index contributed by atoms with van der Waals surface area (Å²) in [5.41, 5.74) is 0.943. The number of hydrogen-bond acceptors (Lipinski definition) is 6. The molecule has 0 atom stereocenters. The summed E-state index contributed by atoms with van der Waals surface area (Å²) in [4.78, 5) is 17.2. The molecule has 9 heteroatoms.